The maximum atomic E-state index is 12.7. The molecule has 1 aliphatic carbocycles. The molecule has 0 aliphatic heterocycles. The summed E-state index contributed by atoms with van der Waals surface area (Å²) in [5.41, 5.74) is -1.78. The second-order valence-corrected chi connectivity index (χ2v) is 7.03. The molecule has 27 heavy (non-hydrogen) atoms. The molecule has 1 heterocycles. The average molecular weight is 373 g/mol. The number of aliphatic carboxylic acids is 1. The Morgan fingerprint density at radius 2 is 1.85 bits per heavy atom. The van der Waals surface area contributed by atoms with Gasteiger partial charge in [0.25, 0.3) is 5.56 Å². The Hall–Kier alpha value is -2.90. The van der Waals surface area contributed by atoms with Crippen molar-refractivity contribution in [3.63, 3.8) is 0 Å². The van der Waals surface area contributed by atoms with Crippen LogP contribution in [0.1, 0.15) is 38.5 Å². The van der Waals surface area contributed by atoms with E-state index < -0.39 is 22.8 Å². The number of aromatic amines is 1. The van der Waals surface area contributed by atoms with Crippen LogP contribution < -0.4 is 11.2 Å². The molecule has 0 atom stereocenters. The number of hydrogen-bond donors (Lipinski definition) is 2. The summed E-state index contributed by atoms with van der Waals surface area (Å²) in [5, 5.41) is 10.1. The van der Waals surface area contributed by atoms with Crippen molar-refractivity contribution in [1.82, 2.24) is 14.5 Å². The Balaban J connectivity index is 1.84. The van der Waals surface area contributed by atoms with Crippen LogP contribution in [0.25, 0.3) is 10.9 Å². The van der Waals surface area contributed by atoms with Crippen molar-refractivity contribution >= 4 is 22.8 Å². The minimum Gasteiger partial charge on any atom is -0.479 e. The van der Waals surface area contributed by atoms with Gasteiger partial charge in [-0.1, -0.05) is 31.4 Å². The molecule has 8 nitrogen and oxygen atoms in total. The Bertz CT molecular complexity index is 985. The molecular weight excluding hydrogens is 350 g/mol. The van der Waals surface area contributed by atoms with Gasteiger partial charge in [0.05, 0.1) is 10.9 Å². The lowest BCUT2D eigenvalue weighted by molar-refractivity contribution is -0.160. The number of carboxylic acids is 1. The molecule has 0 bridgehead atoms. The summed E-state index contributed by atoms with van der Waals surface area (Å²) in [5.74, 6) is -1.31. The first kappa shape index (κ1) is 18.9. The molecule has 1 fully saturated rings. The minimum atomic E-state index is -1.17. The molecule has 1 aromatic carbocycles. The van der Waals surface area contributed by atoms with Crippen molar-refractivity contribution in [3.8, 4) is 0 Å². The molecule has 1 amide bonds. The van der Waals surface area contributed by atoms with Crippen molar-refractivity contribution < 1.29 is 14.7 Å². The van der Waals surface area contributed by atoms with Crippen LogP contribution in [0, 0.1) is 0 Å². The number of hydrogen-bond acceptors (Lipinski definition) is 4. The maximum Gasteiger partial charge on any atom is 0.329 e. The first-order chi connectivity index (χ1) is 12.9. The third kappa shape index (κ3) is 3.39. The molecule has 8 heteroatoms. The van der Waals surface area contributed by atoms with E-state index in [0.29, 0.717) is 23.7 Å². The first-order valence-electron chi connectivity index (χ1n) is 9.09. The molecule has 3 rings (SSSR count). The number of para-hydroxylation sites is 1. The number of carboxylic acid groups (broad SMARTS) is 1. The molecule has 1 aromatic heterocycles. The monoisotopic (exact) mass is 373 g/mol. The standard InChI is InChI=1S/C19H23N3O5/c1-21(19(17(25)26)10-5-2-6-11-19)15(23)9-12-22-14-8-4-3-7-13(14)16(24)20-18(22)27/h3-4,7-8H,2,5-6,9-12H2,1H3,(H,25,26)(H,20,24,27). The quantitative estimate of drug-likeness (QED) is 0.821. The van der Waals surface area contributed by atoms with Gasteiger partial charge in [-0.2, -0.15) is 0 Å². The molecule has 144 valence electrons. The number of carbonyl (C=O) groups excluding carboxylic acids is 1. The van der Waals surface area contributed by atoms with E-state index in [4.69, 9.17) is 0 Å². The average Bonchev–Trinajstić information content (AvgIpc) is 2.67. The van der Waals surface area contributed by atoms with E-state index in [-0.39, 0.29) is 18.9 Å². The highest BCUT2D eigenvalue weighted by Gasteiger charge is 2.45. The van der Waals surface area contributed by atoms with Crippen molar-refractivity contribution in [1.29, 1.82) is 0 Å². The molecule has 2 N–H and O–H groups in total. The van der Waals surface area contributed by atoms with E-state index in [1.807, 2.05) is 0 Å². The number of benzene rings is 1. The lowest BCUT2D eigenvalue weighted by Gasteiger charge is -2.41. The molecule has 0 saturated heterocycles. The predicted molar refractivity (Wildman–Crippen MR) is 99.7 cm³/mol. The molecule has 0 unspecified atom stereocenters. The van der Waals surface area contributed by atoms with Gasteiger partial charge < -0.3 is 10.0 Å². The Labute approximate surface area is 155 Å². The summed E-state index contributed by atoms with van der Waals surface area (Å²) in [6, 6.07) is 6.68. The molecule has 0 radical (unpaired) electrons. The number of likely N-dealkylation sites (N-methyl/N-ethyl adjacent to an activating group) is 1. The highest BCUT2D eigenvalue weighted by atomic mass is 16.4. The normalized spacial score (nSPS) is 16.2. The molecular formula is C19H23N3O5. The fraction of sp³-hybridized carbons (Fsp3) is 0.474. The number of H-pyrrole nitrogens is 1. The largest absolute Gasteiger partial charge is 0.479 e. The first-order valence-corrected chi connectivity index (χ1v) is 9.09. The van der Waals surface area contributed by atoms with Crippen LogP contribution in [0.2, 0.25) is 0 Å². The number of nitrogens with zero attached hydrogens (tertiary/aromatic N) is 2. The Morgan fingerprint density at radius 3 is 2.52 bits per heavy atom. The zero-order valence-electron chi connectivity index (χ0n) is 15.2. The minimum absolute atomic E-state index is 0.0263. The van der Waals surface area contributed by atoms with Gasteiger partial charge in [0, 0.05) is 20.0 Å². The second kappa shape index (κ2) is 7.38. The number of rotatable bonds is 5. The summed E-state index contributed by atoms with van der Waals surface area (Å²) in [6.45, 7) is 0.0645. The van der Waals surface area contributed by atoms with Gasteiger partial charge >= 0.3 is 11.7 Å². The van der Waals surface area contributed by atoms with Gasteiger partial charge in [-0.05, 0) is 25.0 Å². The van der Waals surface area contributed by atoms with Gasteiger partial charge in [0.15, 0.2) is 0 Å². The summed E-state index contributed by atoms with van der Waals surface area (Å²) in [4.78, 5) is 52.3. The smallest absolute Gasteiger partial charge is 0.329 e. The lowest BCUT2D eigenvalue weighted by atomic mass is 9.80. The SMILES string of the molecule is CN(C(=O)CCn1c(=O)[nH]c(=O)c2ccccc21)C1(C(=O)O)CCCCC1. The van der Waals surface area contributed by atoms with E-state index in [9.17, 15) is 24.3 Å². The summed E-state index contributed by atoms with van der Waals surface area (Å²) >= 11 is 0. The predicted octanol–water partition coefficient (Wildman–Crippen LogP) is 1.33. The number of nitrogens with one attached hydrogen (secondary N) is 1. The lowest BCUT2D eigenvalue weighted by Crippen LogP contribution is -2.56. The topological polar surface area (TPSA) is 112 Å². The number of aromatic nitrogens is 2. The fourth-order valence-corrected chi connectivity index (χ4v) is 3.91. The van der Waals surface area contributed by atoms with E-state index in [1.54, 1.807) is 24.3 Å². The Kier molecular flexibility index (Phi) is 5.16. The fourth-order valence-electron chi connectivity index (χ4n) is 3.91. The van der Waals surface area contributed by atoms with Crippen LogP contribution in [-0.4, -0.2) is 44.0 Å². The van der Waals surface area contributed by atoms with Crippen molar-refractivity contribution in [2.75, 3.05) is 7.05 Å². The number of amides is 1. The van der Waals surface area contributed by atoms with Gasteiger partial charge in [-0.15, -0.1) is 0 Å². The van der Waals surface area contributed by atoms with Gasteiger partial charge in [0.1, 0.15) is 5.54 Å². The third-order valence-electron chi connectivity index (χ3n) is 5.55. The van der Waals surface area contributed by atoms with Crippen LogP contribution in [0.4, 0.5) is 0 Å². The third-order valence-corrected chi connectivity index (χ3v) is 5.55. The van der Waals surface area contributed by atoms with Gasteiger partial charge in [-0.3, -0.25) is 19.1 Å². The zero-order chi connectivity index (χ0) is 19.6. The maximum absolute atomic E-state index is 12.7. The van der Waals surface area contributed by atoms with Gasteiger partial charge in [-0.25, -0.2) is 9.59 Å². The van der Waals surface area contributed by atoms with E-state index in [1.165, 1.54) is 16.5 Å². The molecule has 1 saturated carbocycles. The highest BCUT2D eigenvalue weighted by Crippen LogP contribution is 2.33. The van der Waals surface area contributed by atoms with Crippen molar-refractivity contribution in [3.05, 3.63) is 45.1 Å². The summed E-state index contributed by atoms with van der Waals surface area (Å²) < 4.78 is 1.34. The van der Waals surface area contributed by atoms with Crippen LogP contribution in [0.15, 0.2) is 33.9 Å². The molecule has 1 aliphatic rings. The van der Waals surface area contributed by atoms with Crippen LogP contribution in [0.3, 0.4) is 0 Å². The van der Waals surface area contributed by atoms with Crippen LogP contribution in [-0.2, 0) is 16.1 Å². The summed E-state index contributed by atoms with van der Waals surface area (Å²) in [6.07, 6.45) is 3.36. The number of fused-ring (bicyclic) bond motifs is 1. The van der Waals surface area contributed by atoms with Crippen molar-refractivity contribution in [2.24, 2.45) is 0 Å². The van der Waals surface area contributed by atoms with Crippen LogP contribution >= 0.6 is 0 Å². The van der Waals surface area contributed by atoms with E-state index >= 15 is 0 Å². The van der Waals surface area contributed by atoms with Crippen molar-refractivity contribution in [2.45, 2.75) is 50.6 Å². The number of carbonyl (C=O) groups is 2. The zero-order valence-corrected chi connectivity index (χ0v) is 15.2. The van der Waals surface area contributed by atoms with E-state index in [2.05, 4.69) is 4.98 Å². The second-order valence-electron chi connectivity index (χ2n) is 7.03. The molecule has 0 spiro atoms. The van der Waals surface area contributed by atoms with E-state index in [0.717, 1.165) is 19.3 Å². The highest BCUT2D eigenvalue weighted by molar-refractivity contribution is 5.87. The number of aryl methyl sites for hydroxylation is 1. The van der Waals surface area contributed by atoms with Gasteiger partial charge in [0.2, 0.25) is 5.91 Å². The summed E-state index contributed by atoms with van der Waals surface area (Å²) in [7, 11) is 1.52. The Morgan fingerprint density at radius 1 is 1.19 bits per heavy atom. The van der Waals surface area contributed by atoms with Crippen LogP contribution in [0.5, 0.6) is 0 Å². The molecule has 2 aromatic rings.